The highest BCUT2D eigenvalue weighted by molar-refractivity contribution is 5.80. The zero-order valence-electron chi connectivity index (χ0n) is 10.9. The van der Waals surface area contributed by atoms with Crippen LogP contribution < -0.4 is 5.11 Å². The van der Waals surface area contributed by atoms with Gasteiger partial charge in [-0.05, 0) is 13.3 Å². The predicted octanol–water partition coefficient (Wildman–Crippen LogP) is 1.59. The zero-order chi connectivity index (χ0) is 12.4. The summed E-state index contributed by atoms with van der Waals surface area (Å²) in [6.07, 6.45) is 8.16. The second kappa shape index (κ2) is 9.37. The second-order valence-corrected chi connectivity index (χ2v) is 4.21. The van der Waals surface area contributed by atoms with Gasteiger partial charge in [-0.3, -0.25) is 0 Å². The first-order valence-electron chi connectivity index (χ1n) is 6.39. The van der Waals surface area contributed by atoms with E-state index in [1.54, 1.807) is 5.71 Å². The summed E-state index contributed by atoms with van der Waals surface area (Å²) in [6.45, 7) is 8.17. The average Bonchev–Trinajstić information content (AvgIpc) is 2.65. The lowest BCUT2D eigenvalue weighted by molar-refractivity contribution is -0.521. The van der Waals surface area contributed by atoms with Crippen molar-refractivity contribution >= 4 is 11.7 Å². The molecular weight excluding hydrogens is 202 g/mol. The maximum atomic E-state index is 8.89. The zero-order valence-corrected chi connectivity index (χ0v) is 10.9. The lowest BCUT2D eigenvalue weighted by Crippen LogP contribution is -2.16. The van der Waals surface area contributed by atoms with E-state index in [2.05, 4.69) is 18.4 Å². The average molecular weight is 227 g/mol. The van der Waals surface area contributed by atoms with E-state index in [0.717, 1.165) is 6.92 Å². The third-order valence-corrected chi connectivity index (χ3v) is 2.78. The molecule has 0 radical (unpaired) electrons. The number of aliphatic carboxylic acids is 1. The Bertz CT molecular complexity index is 230. The van der Waals surface area contributed by atoms with Gasteiger partial charge >= 0.3 is 0 Å². The van der Waals surface area contributed by atoms with Gasteiger partial charge in [0, 0.05) is 31.7 Å². The van der Waals surface area contributed by atoms with Gasteiger partial charge in [0.05, 0.1) is 0 Å². The molecule has 0 saturated carbocycles. The molecule has 0 unspecified atom stereocenters. The molecule has 3 nitrogen and oxygen atoms in total. The fraction of sp³-hybridized carbons (Fsp3) is 0.846. The molecule has 0 aromatic carbocycles. The molecular formula is C13H25NO2. The van der Waals surface area contributed by atoms with Crippen molar-refractivity contribution in [1.29, 1.82) is 0 Å². The summed E-state index contributed by atoms with van der Waals surface area (Å²) in [5.41, 5.74) is 1.70. The molecule has 1 heterocycles. The number of carbonyl (C=O) groups is 1. The van der Waals surface area contributed by atoms with Crippen LogP contribution in [-0.2, 0) is 4.79 Å². The van der Waals surface area contributed by atoms with Gasteiger partial charge in [-0.2, -0.15) is 0 Å². The Balaban J connectivity index is 0.000000487. The molecule has 0 aliphatic carbocycles. The van der Waals surface area contributed by atoms with Crippen LogP contribution in [0.25, 0.3) is 0 Å². The first-order chi connectivity index (χ1) is 7.61. The van der Waals surface area contributed by atoms with Gasteiger partial charge in [-0.1, -0.05) is 20.3 Å². The molecule has 0 saturated heterocycles. The van der Waals surface area contributed by atoms with Gasteiger partial charge in [0.15, 0.2) is 5.71 Å². The lowest BCUT2D eigenvalue weighted by atomic mass is 10.2. The van der Waals surface area contributed by atoms with E-state index in [4.69, 9.17) is 9.90 Å². The van der Waals surface area contributed by atoms with E-state index in [9.17, 15) is 0 Å². The van der Waals surface area contributed by atoms with Crippen molar-refractivity contribution in [2.75, 3.05) is 13.1 Å². The van der Waals surface area contributed by atoms with Crippen molar-refractivity contribution in [1.82, 2.24) is 0 Å². The van der Waals surface area contributed by atoms with Crippen LogP contribution >= 0.6 is 0 Å². The van der Waals surface area contributed by atoms with E-state index >= 15 is 0 Å². The largest absolute Gasteiger partial charge is 0.550 e. The Hall–Kier alpha value is -0.860. The van der Waals surface area contributed by atoms with Crippen molar-refractivity contribution in [3.8, 4) is 0 Å². The third-order valence-electron chi connectivity index (χ3n) is 2.78. The minimum Gasteiger partial charge on any atom is -0.550 e. The number of hydrogen-bond donors (Lipinski definition) is 0. The van der Waals surface area contributed by atoms with Crippen LogP contribution in [0.5, 0.6) is 0 Å². The van der Waals surface area contributed by atoms with Crippen LogP contribution in [0.4, 0.5) is 0 Å². The van der Waals surface area contributed by atoms with Crippen LogP contribution in [0.2, 0.25) is 0 Å². The quantitative estimate of drug-likeness (QED) is 0.529. The monoisotopic (exact) mass is 227 g/mol. The molecule has 0 fully saturated rings. The molecule has 0 aromatic rings. The standard InChI is InChI=1S/C11H22N.C2H4O2/c1-3-5-6-9-12-10-7-8-11(12)4-2;1-2(3)4/h3-10H2,1-2H3;1H3,(H,3,4)/q+1;/p-1. The van der Waals surface area contributed by atoms with Crippen LogP contribution in [-0.4, -0.2) is 29.3 Å². The molecule has 3 heteroatoms. The Kier molecular flexibility index (Phi) is 8.87. The molecule has 0 aromatic heterocycles. The number of hydrogen-bond acceptors (Lipinski definition) is 2. The highest BCUT2D eigenvalue weighted by Gasteiger charge is 2.19. The molecule has 0 amide bonds. The third kappa shape index (κ3) is 7.43. The maximum Gasteiger partial charge on any atom is 0.152 e. The summed E-state index contributed by atoms with van der Waals surface area (Å²) in [5.74, 6) is -1.08. The molecule has 0 N–H and O–H groups in total. The van der Waals surface area contributed by atoms with Gasteiger partial charge in [0.2, 0.25) is 0 Å². The van der Waals surface area contributed by atoms with Gasteiger partial charge < -0.3 is 9.90 Å². The van der Waals surface area contributed by atoms with E-state index in [1.807, 2.05) is 0 Å². The summed E-state index contributed by atoms with van der Waals surface area (Å²) < 4.78 is 2.61. The Morgan fingerprint density at radius 1 is 1.38 bits per heavy atom. The number of rotatable bonds is 5. The lowest BCUT2D eigenvalue weighted by Gasteiger charge is -1.99. The Morgan fingerprint density at radius 2 is 2.00 bits per heavy atom. The first kappa shape index (κ1) is 15.1. The van der Waals surface area contributed by atoms with Crippen molar-refractivity contribution in [3.05, 3.63) is 0 Å². The molecule has 94 valence electrons. The van der Waals surface area contributed by atoms with Crippen LogP contribution in [0, 0.1) is 0 Å². The summed E-state index contributed by atoms with van der Waals surface area (Å²) in [5, 5.41) is 8.89. The number of unbranched alkanes of at least 4 members (excludes halogenated alkanes) is 2. The van der Waals surface area contributed by atoms with Crippen molar-refractivity contribution in [3.63, 3.8) is 0 Å². The second-order valence-electron chi connectivity index (χ2n) is 4.21. The highest BCUT2D eigenvalue weighted by atomic mass is 16.4. The van der Waals surface area contributed by atoms with Gasteiger partial charge in [0.25, 0.3) is 0 Å². The summed E-state index contributed by atoms with van der Waals surface area (Å²) >= 11 is 0. The predicted molar refractivity (Wildman–Crippen MR) is 64.7 cm³/mol. The Labute approximate surface area is 99.2 Å². The molecule has 0 spiro atoms. The molecule has 1 aliphatic heterocycles. The number of carboxylic acids is 1. The molecule has 0 atom stereocenters. The number of carboxylic acid groups (broad SMARTS) is 1. The molecule has 16 heavy (non-hydrogen) atoms. The van der Waals surface area contributed by atoms with Crippen molar-refractivity contribution in [2.24, 2.45) is 0 Å². The highest BCUT2D eigenvalue weighted by Crippen LogP contribution is 2.08. The van der Waals surface area contributed by atoms with Crippen molar-refractivity contribution in [2.45, 2.75) is 59.3 Å². The normalized spacial score (nSPS) is 14.7. The van der Waals surface area contributed by atoms with Crippen LogP contribution in [0.3, 0.4) is 0 Å². The minimum atomic E-state index is -1.08. The maximum absolute atomic E-state index is 8.89. The van der Waals surface area contributed by atoms with Gasteiger partial charge in [-0.25, -0.2) is 4.58 Å². The van der Waals surface area contributed by atoms with Gasteiger partial charge in [0.1, 0.15) is 13.1 Å². The van der Waals surface area contributed by atoms with Crippen LogP contribution in [0.1, 0.15) is 59.3 Å². The molecule has 1 rings (SSSR count). The fourth-order valence-corrected chi connectivity index (χ4v) is 2.01. The first-order valence-corrected chi connectivity index (χ1v) is 6.39. The SMILES string of the molecule is CC(=O)[O-].CCCCC[N+]1=C(CC)CCC1. The number of nitrogens with zero attached hydrogens (tertiary/aromatic N) is 1. The number of carbonyl (C=O) groups excluding carboxylic acids is 1. The Morgan fingerprint density at radius 3 is 2.50 bits per heavy atom. The van der Waals surface area contributed by atoms with E-state index in [1.165, 1.54) is 51.6 Å². The van der Waals surface area contributed by atoms with Gasteiger partial charge in [-0.15, -0.1) is 0 Å². The topological polar surface area (TPSA) is 43.1 Å². The fourth-order valence-electron chi connectivity index (χ4n) is 2.01. The summed E-state index contributed by atoms with van der Waals surface area (Å²) in [7, 11) is 0. The minimum absolute atomic E-state index is 0.972. The van der Waals surface area contributed by atoms with Crippen LogP contribution in [0.15, 0.2) is 0 Å². The van der Waals surface area contributed by atoms with E-state index < -0.39 is 5.97 Å². The summed E-state index contributed by atoms with van der Waals surface area (Å²) in [4.78, 5) is 8.89. The molecule has 0 bridgehead atoms. The summed E-state index contributed by atoms with van der Waals surface area (Å²) in [6, 6.07) is 0. The van der Waals surface area contributed by atoms with E-state index in [0.29, 0.717) is 0 Å². The smallest absolute Gasteiger partial charge is 0.152 e. The molecule has 1 aliphatic rings. The van der Waals surface area contributed by atoms with Crippen molar-refractivity contribution < 1.29 is 14.5 Å². The van der Waals surface area contributed by atoms with E-state index in [-0.39, 0.29) is 0 Å².